The van der Waals surface area contributed by atoms with Gasteiger partial charge < -0.3 is 14.1 Å². The van der Waals surface area contributed by atoms with Gasteiger partial charge in [-0.2, -0.15) is 0 Å². The number of amides is 1. The summed E-state index contributed by atoms with van der Waals surface area (Å²) in [7, 11) is 0. The molecule has 0 unspecified atom stereocenters. The van der Waals surface area contributed by atoms with Gasteiger partial charge in [0.05, 0.1) is 13.0 Å². The Morgan fingerprint density at radius 2 is 1.69 bits per heavy atom. The molecule has 6 heteroatoms. The smallest absolute Gasteiger partial charge is 0.226 e. The number of hydrogen-bond acceptors (Lipinski definition) is 5. The van der Waals surface area contributed by atoms with E-state index in [1.807, 2.05) is 36.1 Å². The van der Waals surface area contributed by atoms with Crippen molar-refractivity contribution in [2.45, 2.75) is 50.9 Å². The molecule has 1 amide bonds. The summed E-state index contributed by atoms with van der Waals surface area (Å²) in [4.78, 5) is 14.5. The van der Waals surface area contributed by atoms with Crippen LogP contribution in [0.15, 0.2) is 28.7 Å². The van der Waals surface area contributed by atoms with Crippen molar-refractivity contribution in [2.24, 2.45) is 0 Å². The van der Waals surface area contributed by atoms with Gasteiger partial charge in [0.1, 0.15) is 5.75 Å². The lowest BCUT2D eigenvalue weighted by molar-refractivity contribution is -0.131. The van der Waals surface area contributed by atoms with Crippen molar-refractivity contribution in [1.82, 2.24) is 15.1 Å². The fourth-order valence-corrected chi connectivity index (χ4v) is 3.44. The van der Waals surface area contributed by atoms with E-state index in [1.54, 1.807) is 0 Å². The second-order valence-electron chi connectivity index (χ2n) is 7.16. The molecule has 138 valence electrons. The zero-order chi connectivity index (χ0) is 17.9. The number of piperidine rings is 1. The van der Waals surface area contributed by atoms with E-state index in [4.69, 9.17) is 9.15 Å². The third-order valence-electron chi connectivity index (χ3n) is 5.17. The Bertz CT molecular complexity index is 744. The molecular weight excluding hydrogens is 330 g/mol. The number of carbonyl (C=O) groups excluding carboxylic acids is 1. The van der Waals surface area contributed by atoms with Crippen LogP contribution < -0.4 is 4.74 Å². The molecule has 2 heterocycles. The molecule has 1 saturated carbocycles. The van der Waals surface area contributed by atoms with Crippen LogP contribution in [0.25, 0.3) is 0 Å². The summed E-state index contributed by atoms with van der Waals surface area (Å²) in [6.07, 6.45) is 4.55. The van der Waals surface area contributed by atoms with Crippen LogP contribution in [0, 0.1) is 0 Å². The van der Waals surface area contributed by atoms with Gasteiger partial charge in [-0.3, -0.25) is 4.79 Å². The maximum Gasteiger partial charge on any atom is 0.226 e. The zero-order valence-corrected chi connectivity index (χ0v) is 15.2. The standard InChI is InChI=1S/C20H25N3O3/c1-2-25-17-7-3-14(4-8-17)13-18(24)23-11-9-16(10-12-23)20-22-21-19(26-20)15-5-6-15/h3-4,7-8,15-16H,2,5-6,9-13H2,1H3. The van der Waals surface area contributed by atoms with Crippen molar-refractivity contribution < 1.29 is 13.9 Å². The first kappa shape index (κ1) is 17.1. The van der Waals surface area contributed by atoms with E-state index >= 15 is 0 Å². The molecule has 0 spiro atoms. The molecule has 1 aromatic heterocycles. The van der Waals surface area contributed by atoms with E-state index in [2.05, 4.69) is 10.2 Å². The fraction of sp³-hybridized carbons (Fsp3) is 0.550. The Labute approximate surface area is 153 Å². The number of likely N-dealkylation sites (tertiary alicyclic amines) is 1. The van der Waals surface area contributed by atoms with Crippen LogP contribution in [0.3, 0.4) is 0 Å². The molecule has 1 aliphatic heterocycles. The Balaban J connectivity index is 1.28. The van der Waals surface area contributed by atoms with Crippen molar-refractivity contribution in [2.75, 3.05) is 19.7 Å². The van der Waals surface area contributed by atoms with E-state index in [1.165, 1.54) is 12.8 Å². The number of aromatic nitrogens is 2. The van der Waals surface area contributed by atoms with Crippen LogP contribution in [-0.4, -0.2) is 40.7 Å². The van der Waals surface area contributed by atoms with Gasteiger partial charge in [-0.15, -0.1) is 10.2 Å². The van der Waals surface area contributed by atoms with Crippen molar-refractivity contribution in [3.05, 3.63) is 41.6 Å². The number of hydrogen-bond donors (Lipinski definition) is 0. The summed E-state index contributed by atoms with van der Waals surface area (Å²) in [6.45, 7) is 4.11. The summed E-state index contributed by atoms with van der Waals surface area (Å²) in [5.74, 6) is 3.35. The van der Waals surface area contributed by atoms with Crippen molar-refractivity contribution >= 4 is 5.91 Å². The molecule has 0 radical (unpaired) electrons. The van der Waals surface area contributed by atoms with Gasteiger partial charge in [0.2, 0.25) is 17.7 Å². The van der Waals surface area contributed by atoms with Crippen LogP contribution in [0.4, 0.5) is 0 Å². The Hall–Kier alpha value is -2.37. The van der Waals surface area contributed by atoms with Crippen molar-refractivity contribution in [1.29, 1.82) is 0 Å². The maximum absolute atomic E-state index is 12.6. The molecule has 2 aromatic rings. The van der Waals surface area contributed by atoms with Gasteiger partial charge in [-0.1, -0.05) is 12.1 Å². The fourth-order valence-electron chi connectivity index (χ4n) is 3.44. The summed E-state index contributed by atoms with van der Waals surface area (Å²) in [5, 5.41) is 8.41. The minimum absolute atomic E-state index is 0.178. The third kappa shape index (κ3) is 3.89. The number of benzene rings is 1. The van der Waals surface area contributed by atoms with E-state index in [0.29, 0.717) is 18.9 Å². The highest BCUT2D eigenvalue weighted by molar-refractivity contribution is 5.78. The molecule has 0 bridgehead atoms. The molecule has 4 rings (SSSR count). The first-order chi connectivity index (χ1) is 12.7. The average molecular weight is 355 g/mol. The summed E-state index contributed by atoms with van der Waals surface area (Å²) in [6, 6.07) is 7.78. The van der Waals surface area contributed by atoms with E-state index in [9.17, 15) is 4.79 Å². The van der Waals surface area contributed by atoms with Crippen LogP contribution in [0.2, 0.25) is 0 Å². The summed E-state index contributed by atoms with van der Waals surface area (Å²) >= 11 is 0. The highest BCUT2D eigenvalue weighted by atomic mass is 16.5. The maximum atomic E-state index is 12.6. The molecule has 0 atom stereocenters. The first-order valence-electron chi connectivity index (χ1n) is 9.55. The predicted molar refractivity (Wildman–Crippen MR) is 96.1 cm³/mol. The highest BCUT2D eigenvalue weighted by Gasteiger charge is 2.32. The van der Waals surface area contributed by atoms with Crippen LogP contribution in [0.5, 0.6) is 5.75 Å². The predicted octanol–water partition coefficient (Wildman–Crippen LogP) is 3.29. The molecule has 2 aliphatic rings. The largest absolute Gasteiger partial charge is 0.494 e. The molecular formula is C20H25N3O3. The molecule has 2 fully saturated rings. The third-order valence-corrected chi connectivity index (χ3v) is 5.17. The average Bonchev–Trinajstić information content (AvgIpc) is 3.40. The Kier molecular flexibility index (Phi) is 4.91. The van der Waals surface area contributed by atoms with E-state index in [-0.39, 0.29) is 11.8 Å². The lowest BCUT2D eigenvalue weighted by Gasteiger charge is -2.30. The highest BCUT2D eigenvalue weighted by Crippen LogP contribution is 2.40. The van der Waals surface area contributed by atoms with Crippen molar-refractivity contribution in [3.63, 3.8) is 0 Å². The van der Waals surface area contributed by atoms with Gasteiger partial charge >= 0.3 is 0 Å². The molecule has 1 aliphatic carbocycles. The van der Waals surface area contributed by atoms with Gasteiger partial charge in [0.15, 0.2) is 0 Å². The quantitative estimate of drug-likeness (QED) is 0.795. The van der Waals surface area contributed by atoms with Crippen LogP contribution in [0.1, 0.15) is 61.8 Å². The number of carbonyl (C=O) groups is 1. The monoisotopic (exact) mass is 355 g/mol. The minimum Gasteiger partial charge on any atom is -0.494 e. The van der Waals surface area contributed by atoms with Gasteiger partial charge in [0, 0.05) is 24.9 Å². The van der Waals surface area contributed by atoms with Gasteiger partial charge in [-0.05, 0) is 50.3 Å². The second kappa shape index (κ2) is 7.48. The lowest BCUT2D eigenvalue weighted by Crippen LogP contribution is -2.38. The summed E-state index contributed by atoms with van der Waals surface area (Å²) in [5.41, 5.74) is 1.02. The Morgan fingerprint density at radius 1 is 1.08 bits per heavy atom. The second-order valence-corrected chi connectivity index (χ2v) is 7.16. The molecule has 26 heavy (non-hydrogen) atoms. The van der Waals surface area contributed by atoms with Crippen LogP contribution in [-0.2, 0) is 11.2 Å². The summed E-state index contributed by atoms with van der Waals surface area (Å²) < 4.78 is 11.3. The zero-order valence-electron chi connectivity index (χ0n) is 15.2. The normalized spacial score (nSPS) is 18.1. The number of ether oxygens (including phenoxy) is 1. The topological polar surface area (TPSA) is 68.5 Å². The molecule has 1 aromatic carbocycles. The Morgan fingerprint density at radius 3 is 2.27 bits per heavy atom. The minimum atomic E-state index is 0.178. The molecule has 1 saturated heterocycles. The van der Waals surface area contributed by atoms with E-state index < -0.39 is 0 Å². The number of nitrogens with zero attached hydrogens (tertiary/aromatic N) is 3. The first-order valence-corrected chi connectivity index (χ1v) is 9.55. The van der Waals surface area contributed by atoms with Crippen molar-refractivity contribution in [3.8, 4) is 5.75 Å². The van der Waals surface area contributed by atoms with E-state index in [0.717, 1.165) is 49.0 Å². The molecule has 6 nitrogen and oxygen atoms in total. The lowest BCUT2D eigenvalue weighted by atomic mass is 9.96. The van der Waals surface area contributed by atoms with Crippen LogP contribution >= 0.6 is 0 Å². The number of rotatable bonds is 6. The SMILES string of the molecule is CCOc1ccc(CC(=O)N2CCC(c3nnc(C4CC4)o3)CC2)cc1. The van der Waals surface area contributed by atoms with Gasteiger partial charge in [-0.25, -0.2) is 0 Å². The molecule has 0 N–H and O–H groups in total. The van der Waals surface area contributed by atoms with Gasteiger partial charge in [0.25, 0.3) is 0 Å².